The number of carbonyl (C=O) groups is 1. The van der Waals surface area contributed by atoms with Crippen molar-refractivity contribution in [3.05, 3.63) is 29.6 Å². The number of nitrogens with zero attached hydrogens (tertiary/aromatic N) is 1. The normalized spacial score (nSPS) is 11.3. The quantitative estimate of drug-likeness (QED) is 0.645. The molecule has 0 saturated heterocycles. The van der Waals surface area contributed by atoms with E-state index in [1.54, 1.807) is 0 Å². The molecule has 1 heterocycles. The average Bonchev–Trinajstić information content (AvgIpc) is 2.33. The molecule has 1 N–H and O–H groups in total. The van der Waals surface area contributed by atoms with Crippen LogP contribution in [0.4, 0.5) is 13.2 Å². The number of alkyl halides is 3. The van der Waals surface area contributed by atoms with Crippen LogP contribution in [0, 0.1) is 0 Å². The van der Waals surface area contributed by atoms with Gasteiger partial charge in [0.1, 0.15) is 5.69 Å². The predicted molar refractivity (Wildman–Crippen MR) is 54.5 cm³/mol. The van der Waals surface area contributed by atoms with Crippen LogP contribution < -0.4 is 5.48 Å². The second-order valence-electron chi connectivity index (χ2n) is 3.20. The Kier molecular flexibility index (Phi) is 5.05. The van der Waals surface area contributed by atoms with E-state index in [-0.39, 0.29) is 18.8 Å². The van der Waals surface area contributed by atoms with Crippen molar-refractivity contribution < 1.29 is 27.5 Å². The van der Waals surface area contributed by atoms with Crippen molar-refractivity contribution in [1.29, 1.82) is 0 Å². The maximum Gasteiger partial charge on any atom is 0.433 e. The third kappa shape index (κ3) is 4.30. The van der Waals surface area contributed by atoms with Gasteiger partial charge in [-0.1, -0.05) is 0 Å². The van der Waals surface area contributed by atoms with Gasteiger partial charge in [-0.15, -0.1) is 0 Å². The molecule has 0 aromatic carbocycles. The van der Waals surface area contributed by atoms with Gasteiger partial charge in [-0.3, -0.25) is 14.6 Å². The number of hydrogen-bond acceptors (Lipinski definition) is 4. The first-order valence-corrected chi connectivity index (χ1v) is 4.89. The Morgan fingerprint density at radius 3 is 2.61 bits per heavy atom. The fourth-order valence-corrected chi connectivity index (χ4v) is 0.996. The molecule has 1 aromatic heterocycles. The van der Waals surface area contributed by atoms with E-state index in [4.69, 9.17) is 4.84 Å². The molecule has 1 amide bonds. The largest absolute Gasteiger partial charge is 0.433 e. The highest BCUT2D eigenvalue weighted by atomic mass is 19.4. The molecular weight excluding hydrogens is 253 g/mol. The van der Waals surface area contributed by atoms with Crippen LogP contribution in [0.1, 0.15) is 16.1 Å². The fraction of sp³-hybridized carbons (Fsp3) is 0.400. The van der Waals surface area contributed by atoms with Crippen molar-refractivity contribution in [2.45, 2.75) is 6.18 Å². The lowest BCUT2D eigenvalue weighted by molar-refractivity contribution is -0.141. The Bertz CT molecular complexity index is 392. The molecule has 0 bridgehead atoms. The van der Waals surface area contributed by atoms with Gasteiger partial charge >= 0.3 is 6.18 Å². The molecule has 1 aromatic rings. The number of pyridine rings is 1. The third-order valence-electron chi connectivity index (χ3n) is 1.87. The lowest BCUT2D eigenvalue weighted by atomic mass is 10.2. The van der Waals surface area contributed by atoms with Crippen LogP contribution in [-0.2, 0) is 15.8 Å². The molecular formula is C10H11F3N2O3. The SMILES string of the molecule is COCCONC(=O)c1ccc(C(F)(F)F)nc1. The second kappa shape index (κ2) is 6.31. The highest BCUT2D eigenvalue weighted by Gasteiger charge is 2.32. The Morgan fingerprint density at radius 1 is 1.39 bits per heavy atom. The maximum absolute atomic E-state index is 12.2. The first-order chi connectivity index (χ1) is 8.45. The van der Waals surface area contributed by atoms with Gasteiger partial charge in [0.05, 0.1) is 18.8 Å². The molecule has 0 spiro atoms. The Labute approximate surface area is 101 Å². The summed E-state index contributed by atoms with van der Waals surface area (Å²) in [5, 5.41) is 0. The first-order valence-electron chi connectivity index (χ1n) is 4.89. The van der Waals surface area contributed by atoms with Gasteiger partial charge in [0, 0.05) is 13.3 Å². The summed E-state index contributed by atoms with van der Waals surface area (Å²) in [5.74, 6) is -0.674. The lowest BCUT2D eigenvalue weighted by Gasteiger charge is -2.07. The summed E-state index contributed by atoms with van der Waals surface area (Å²) >= 11 is 0. The molecule has 0 aliphatic carbocycles. The van der Waals surface area contributed by atoms with E-state index < -0.39 is 17.8 Å². The van der Waals surface area contributed by atoms with E-state index in [1.807, 2.05) is 0 Å². The minimum atomic E-state index is -4.52. The van der Waals surface area contributed by atoms with E-state index in [0.29, 0.717) is 0 Å². The summed E-state index contributed by atoms with van der Waals surface area (Å²) in [4.78, 5) is 19.2. The highest BCUT2D eigenvalue weighted by molar-refractivity contribution is 5.93. The number of methoxy groups -OCH3 is 1. The van der Waals surface area contributed by atoms with Crippen LogP contribution in [-0.4, -0.2) is 31.2 Å². The maximum atomic E-state index is 12.2. The molecule has 18 heavy (non-hydrogen) atoms. The zero-order chi connectivity index (χ0) is 13.6. The van der Waals surface area contributed by atoms with Crippen molar-refractivity contribution in [2.24, 2.45) is 0 Å². The summed E-state index contributed by atoms with van der Waals surface area (Å²) < 4.78 is 41.3. The molecule has 8 heteroatoms. The molecule has 0 radical (unpaired) electrons. The number of nitrogens with one attached hydrogen (secondary N) is 1. The fourth-order valence-electron chi connectivity index (χ4n) is 0.996. The average molecular weight is 264 g/mol. The third-order valence-corrected chi connectivity index (χ3v) is 1.87. The highest BCUT2D eigenvalue weighted by Crippen LogP contribution is 2.27. The number of amides is 1. The summed E-state index contributed by atoms with van der Waals surface area (Å²) in [7, 11) is 1.46. The molecule has 1 rings (SSSR count). The number of halogens is 3. The van der Waals surface area contributed by atoms with Crippen LogP contribution >= 0.6 is 0 Å². The Hall–Kier alpha value is -1.67. The van der Waals surface area contributed by atoms with Crippen molar-refractivity contribution in [3.63, 3.8) is 0 Å². The minimum Gasteiger partial charge on any atom is -0.382 e. The minimum absolute atomic E-state index is 0.0274. The van der Waals surface area contributed by atoms with Crippen LogP contribution in [0.15, 0.2) is 18.3 Å². The van der Waals surface area contributed by atoms with Gasteiger partial charge in [-0.05, 0) is 12.1 Å². The van der Waals surface area contributed by atoms with Gasteiger partial charge < -0.3 is 4.74 Å². The standard InChI is InChI=1S/C10H11F3N2O3/c1-17-4-5-18-15-9(16)7-2-3-8(14-6-7)10(11,12)13/h2-3,6H,4-5H2,1H3,(H,15,16). The molecule has 0 saturated carbocycles. The Morgan fingerprint density at radius 2 is 2.11 bits per heavy atom. The van der Waals surface area contributed by atoms with Gasteiger partial charge in [0.15, 0.2) is 0 Å². The summed E-state index contributed by atoms with van der Waals surface area (Å²) in [6.45, 7) is 0.418. The van der Waals surface area contributed by atoms with E-state index in [1.165, 1.54) is 7.11 Å². The molecule has 0 aliphatic heterocycles. The van der Waals surface area contributed by atoms with Gasteiger partial charge in [-0.2, -0.15) is 13.2 Å². The predicted octanol–water partition coefficient (Wildman–Crippen LogP) is 1.41. The van der Waals surface area contributed by atoms with Crippen molar-refractivity contribution in [3.8, 4) is 0 Å². The summed E-state index contributed by atoms with van der Waals surface area (Å²) in [5.41, 5.74) is 0.968. The smallest absolute Gasteiger partial charge is 0.382 e. The molecule has 0 fully saturated rings. The van der Waals surface area contributed by atoms with E-state index in [9.17, 15) is 18.0 Å². The molecule has 100 valence electrons. The zero-order valence-electron chi connectivity index (χ0n) is 9.45. The van der Waals surface area contributed by atoms with Crippen molar-refractivity contribution in [2.75, 3.05) is 20.3 Å². The van der Waals surface area contributed by atoms with E-state index >= 15 is 0 Å². The van der Waals surface area contributed by atoms with Gasteiger partial charge in [0.25, 0.3) is 5.91 Å². The zero-order valence-corrected chi connectivity index (χ0v) is 9.45. The number of carbonyl (C=O) groups excluding carboxylic acids is 1. The molecule has 0 unspecified atom stereocenters. The van der Waals surface area contributed by atoms with Crippen LogP contribution in [0.3, 0.4) is 0 Å². The van der Waals surface area contributed by atoms with Gasteiger partial charge in [-0.25, -0.2) is 5.48 Å². The lowest BCUT2D eigenvalue weighted by Crippen LogP contribution is -2.25. The van der Waals surface area contributed by atoms with Crippen LogP contribution in [0.25, 0.3) is 0 Å². The molecule has 0 aliphatic rings. The number of hydroxylamine groups is 1. The second-order valence-corrected chi connectivity index (χ2v) is 3.20. The van der Waals surface area contributed by atoms with E-state index in [2.05, 4.69) is 15.2 Å². The summed E-state index contributed by atoms with van der Waals surface area (Å²) in [6, 6.07) is 1.74. The van der Waals surface area contributed by atoms with E-state index in [0.717, 1.165) is 18.3 Å². The molecule has 5 nitrogen and oxygen atoms in total. The number of aromatic nitrogens is 1. The van der Waals surface area contributed by atoms with Crippen molar-refractivity contribution >= 4 is 5.91 Å². The van der Waals surface area contributed by atoms with Crippen LogP contribution in [0.5, 0.6) is 0 Å². The number of ether oxygens (including phenoxy) is 1. The first kappa shape index (κ1) is 14.4. The van der Waals surface area contributed by atoms with Crippen LogP contribution in [0.2, 0.25) is 0 Å². The number of hydrogen-bond donors (Lipinski definition) is 1. The number of rotatable bonds is 5. The molecule has 0 atom stereocenters. The topological polar surface area (TPSA) is 60.5 Å². The van der Waals surface area contributed by atoms with Crippen molar-refractivity contribution in [1.82, 2.24) is 10.5 Å². The summed E-state index contributed by atoms with van der Waals surface area (Å²) in [6.07, 6.45) is -3.69. The van der Waals surface area contributed by atoms with Gasteiger partial charge in [0.2, 0.25) is 0 Å². The Balaban J connectivity index is 2.54. The monoisotopic (exact) mass is 264 g/mol.